The van der Waals surface area contributed by atoms with Crippen LogP contribution < -0.4 is 10.6 Å². The van der Waals surface area contributed by atoms with Crippen molar-refractivity contribution in [3.8, 4) is 0 Å². The van der Waals surface area contributed by atoms with Crippen LogP contribution in [0.25, 0.3) is 0 Å². The highest BCUT2D eigenvalue weighted by Gasteiger charge is 2.55. The third-order valence-corrected chi connectivity index (χ3v) is 28.4. The molecule has 2 amide bonds. The Labute approximate surface area is 854 Å². The topological polar surface area (TPSA) is 745 Å². The van der Waals surface area contributed by atoms with Crippen LogP contribution in [0.3, 0.4) is 0 Å². The first-order valence-corrected chi connectivity index (χ1v) is 59.5. The molecule has 0 spiro atoms. The average molecular weight is 2260 g/mol. The van der Waals surface area contributed by atoms with Crippen LogP contribution in [0.1, 0.15) is 225 Å². The Morgan fingerprint density at radius 2 is 0.575 bits per heavy atom. The molecule has 0 bridgehead atoms. The number of carbonyl (C=O) groups excluding carboxylic acids is 2. The molecule has 0 aromatic rings. The number of aliphatic hydroxyl groups is 8. The predicted molar refractivity (Wildman–Crippen MR) is 533 cm³/mol. The van der Waals surface area contributed by atoms with Crippen LogP contribution in [0.5, 0.6) is 0 Å². The minimum Gasteiger partial charge on any atom is -0.394 e. The van der Waals surface area contributed by atoms with Crippen LogP contribution in [0, 0.1) is 0 Å². The highest BCUT2D eigenvalue weighted by Crippen LogP contribution is 2.62. The Bertz CT molecular complexity index is 4650. The van der Waals surface area contributed by atoms with Crippen molar-refractivity contribution in [2.75, 3.05) is 99.1 Å². The molecule has 0 saturated carbocycles. The molecule has 2 aliphatic rings. The van der Waals surface area contributed by atoms with Crippen molar-refractivity contribution in [1.82, 2.24) is 10.6 Å². The molecule has 2 rings (SSSR count). The van der Waals surface area contributed by atoms with E-state index in [1.807, 2.05) is 6.92 Å². The maximum absolute atomic E-state index is 13.8. The molecule has 146 heavy (non-hydrogen) atoms. The number of rotatable bonds is 79. The molecule has 2 heterocycles. The zero-order chi connectivity index (χ0) is 110. The summed E-state index contributed by atoms with van der Waals surface area (Å²) in [7, 11) is -43.1. The Balaban J connectivity index is 2.27. The lowest BCUT2D eigenvalue weighted by Gasteiger charge is -2.49. The van der Waals surface area contributed by atoms with E-state index in [-0.39, 0.29) is 0 Å². The average Bonchev–Trinajstić information content (AvgIpc) is 0.765. The number of aliphatic hydroxyl groups excluding tert-OH is 8. The zero-order valence-corrected chi connectivity index (χ0v) is 92.5. The van der Waals surface area contributed by atoms with Gasteiger partial charge < -0.3 is 134 Å². The van der Waals surface area contributed by atoms with Gasteiger partial charge in [0, 0.05) is 13.8 Å². The van der Waals surface area contributed by atoms with Gasteiger partial charge in [-0.15, -0.1) is 0 Å². The van der Waals surface area contributed by atoms with Gasteiger partial charge in [0.1, 0.15) is 85.3 Å². The lowest BCUT2D eigenvalue weighted by molar-refractivity contribution is -0.334. The molecule has 0 aromatic heterocycles. The highest BCUT2D eigenvalue weighted by atomic mass is 31.3. The van der Waals surface area contributed by atoms with Gasteiger partial charge in [-0.3, -0.25) is 59.4 Å². The second-order valence-corrected chi connectivity index (χ2v) is 47.1. The summed E-state index contributed by atoms with van der Waals surface area (Å²) in [5.41, 5.74) is 14.5. The summed E-state index contributed by atoms with van der Waals surface area (Å²) >= 11 is 0. The number of hydrogen-bond donors (Lipinski definition) is 21. The summed E-state index contributed by atoms with van der Waals surface area (Å²) in [4.78, 5) is 133. The molecule has 2 fully saturated rings. The van der Waals surface area contributed by atoms with Crippen LogP contribution in [0.15, 0.2) is 128 Å². The molecular formula is C89H160N2O47P8. The molecule has 57 heteroatoms. The SMILES string of the molecule is CC(=O)N[C@@H]1[C@H](O[C@H]2[C@H](O)[C@@H](NC(C)=O)[C@@H](OP(=O)(O)OP(=O)(O)OC/C=C(\C)CC/C=C(\C)CC/C=C(\C)CC/C=C(\C)CC/C=C(\C)CC/C=C(\C)CC/C=C(\C)CC/C=C(\C)CC/C=C(\C)CC/C=C(\C)CCC=C(C)C)O[C@@H]2CO)O[C@H](COCC(O)COP(=O)(O)OCC(O)COP(=O)(O)O)[C@@H](OCC(O)COP(=O)(O)OCC(O)COP(=O)(O)O)[C@@H]1OCC(O)COP(=O)(O)OCC(O)COP(=O)(O)O. The molecule has 0 radical (unpaired) electrons. The predicted octanol–water partition coefficient (Wildman–Crippen LogP) is 11.3. The van der Waals surface area contributed by atoms with Crippen LogP contribution >= 0.6 is 62.6 Å². The number of phosphoric acid groups is 8. The van der Waals surface area contributed by atoms with Gasteiger partial charge in [-0.25, -0.2) is 36.5 Å². The van der Waals surface area contributed by atoms with Gasteiger partial charge in [0.15, 0.2) is 12.6 Å². The quantitative estimate of drug-likeness (QED) is 0.0199. The molecule has 848 valence electrons. The number of carbonyl (C=O) groups is 2. The van der Waals surface area contributed by atoms with Crippen LogP contribution in [0.2, 0.25) is 0 Å². The minimum atomic E-state index is -6.00. The van der Waals surface area contributed by atoms with Crippen LogP contribution in [-0.2, 0) is 129 Å². The van der Waals surface area contributed by atoms with E-state index in [4.69, 9.17) is 80.4 Å². The second kappa shape index (κ2) is 71.6. The largest absolute Gasteiger partial charge is 0.483 e. The van der Waals surface area contributed by atoms with Crippen molar-refractivity contribution < 1.29 is 223 Å². The van der Waals surface area contributed by atoms with E-state index in [2.05, 4.69) is 172 Å². The second-order valence-electron chi connectivity index (χ2n) is 36.0. The first-order valence-electron chi connectivity index (χ1n) is 47.4. The number of phosphoric ester groups is 8. The molecule has 0 aromatic carbocycles. The number of allylic oxidation sites excluding steroid dienone is 21. The van der Waals surface area contributed by atoms with Gasteiger partial charge in [0.05, 0.1) is 99.1 Å². The number of nitrogens with one attached hydrogen (secondary N) is 2. The van der Waals surface area contributed by atoms with Crippen molar-refractivity contribution in [2.45, 2.75) is 323 Å². The van der Waals surface area contributed by atoms with Crippen molar-refractivity contribution >= 4 is 74.4 Å². The molecule has 0 aliphatic carbocycles. The summed E-state index contributed by atoms with van der Waals surface area (Å²) < 4.78 is 190. The molecule has 21 N–H and O–H groups in total. The van der Waals surface area contributed by atoms with Crippen molar-refractivity contribution in [1.29, 1.82) is 0 Å². The lowest BCUT2D eigenvalue weighted by Crippen LogP contribution is -2.70. The highest BCUT2D eigenvalue weighted by molar-refractivity contribution is 7.61. The Hall–Kier alpha value is -3.56. The molecule has 2 aliphatic heterocycles. The molecule has 21 atom stereocenters. The van der Waals surface area contributed by atoms with Crippen molar-refractivity contribution in [3.05, 3.63) is 128 Å². The summed E-state index contributed by atoms with van der Waals surface area (Å²) in [6, 6.07) is -4.19. The van der Waals surface area contributed by atoms with Crippen LogP contribution in [0.4, 0.5) is 0 Å². The Morgan fingerprint density at radius 3 is 0.870 bits per heavy atom. The fraction of sp³-hybridized carbons (Fsp3) is 0.730. The van der Waals surface area contributed by atoms with E-state index < -0.39 is 271 Å². The standard InChI is InChI=1S/C89H160N2O47P8/c1-61(2)25-15-26-62(3)27-16-28-63(4)29-17-30-64(5)31-18-32-65(6)33-19-34-66(7)35-20-36-67(8)37-21-38-68(9)39-22-40-69(10)41-23-42-70(11)43-24-44-71(12)45-46-124-145(117,118)138-146(119,120)137-89-82(90-72(13)93)84(101)85(80(47-92)134-89)136-88-83(91-73(14)94)87(123-50-76(97)56-130-144(115,116)133-59-79(100)53-127-141(108,109)110)86(122-49-75(96)55-129-143(113,114)132-58-78(99)52-126-140(105,106)107)81(135-88)60-121-48-74(95)54-128-142(111,112)131-57-77(98)51-125-139(102,103)104/h25,27,29,31,33,35,37,39,41,43,45,74-89,92,95-101H,15-24,26,28,30,32,34,36,38,40,42,44,46-60H2,1-14H3,(H,90,93)(H,91,94)(H,111,112)(H,113,114)(H,115,116)(H,117,118)(H,119,120)(H2,102,103,104)(H2,105,106,107)(H2,108,109,110)/b62-27+,63-29+,64-31+,65-33+,66-35+,67-37+,68-39+,69-41+,70-43+,71-45+/t74?,75?,76?,77?,78?,79?,80-,81-,82-,83+,84-,85-,86-,87-,88+,89-/m1/s1. The van der Waals surface area contributed by atoms with E-state index >= 15 is 0 Å². The van der Waals surface area contributed by atoms with E-state index in [1.165, 1.54) is 56.2 Å². The first kappa shape index (κ1) is 138. The maximum atomic E-state index is 13.8. The van der Waals surface area contributed by atoms with Gasteiger partial charge in [-0.05, 0) is 212 Å². The lowest BCUT2D eigenvalue weighted by atomic mass is 9.94. The zero-order valence-electron chi connectivity index (χ0n) is 85.3. The number of amides is 2. The third-order valence-electron chi connectivity index (χ3n) is 21.5. The Morgan fingerprint density at radius 1 is 0.308 bits per heavy atom. The van der Waals surface area contributed by atoms with Gasteiger partial charge in [-0.2, -0.15) is 4.31 Å². The summed E-state index contributed by atoms with van der Waals surface area (Å²) in [6.45, 7) is 10.6. The van der Waals surface area contributed by atoms with Gasteiger partial charge in [-0.1, -0.05) is 128 Å². The van der Waals surface area contributed by atoms with E-state index in [1.54, 1.807) is 6.92 Å². The summed E-state index contributed by atoms with van der Waals surface area (Å²) in [5.74, 6) is -2.11. The fourth-order valence-corrected chi connectivity index (χ4v) is 19.3. The minimum absolute atomic E-state index is 0.463. The first-order chi connectivity index (χ1) is 67.8. The molecule has 49 nitrogen and oxygen atoms in total. The number of hydrogen-bond acceptors (Lipinski definition) is 36. The third kappa shape index (κ3) is 69.3. The van der Waals surface area contributed by atoms with E-state index in [0.29, 0.717) is 18.4 Å². The van der Waals surface area contributed by atoms with Gasteiger partial charge >= 0.3 is 62.6 Å². The van der Waals surface area contributed by atoms with E-state index in [0.717, 1.165) is 135 Å². The summed E-state index contributed by atoms with van der Waals surface area (Å²) in [6.07, 6.45) is 14.7. The monoisotopic (exact) mass is 2260 g/mol. The van der Waals surface area contributed by atoms with Gasteiger partial charge in [0.25, 0.3) is 0 Å². The fourth-order valence-electron chi connectivity index (χ4n) is 13.7. The molecular weight excluding hydrogens is 2100 g/mol. The van der Waals surface area contributed by atoms with Crippen molar-refractivity contribution in [2.24, 2.45) is 0 Å². The smallest absolute Gasteiger partial charge is 0.394 e. The van der Waals surface area contributed by atoms with Crippen molar-refractivity contribution in [3.63, 3.8) is 0 Å². The normalized spacial score (nSPS) is 23.3. The maximum Gasteiger partial charge on any atom is 0.483 e. The van der Waals surface area contributed by atoms with Gasteiger partial charge in [0.2, 0.25) is 11.8 Å². The van der Waals surface area contributed by atoms with E-state index in [9.17, 15) is 111 Å². The number of ether oxygens (including phenoxy) is 6. The molecule has 11 unspecified atom stereocenters. The summed E-state index contributed by atoms with van der Waals surface area (Å²) in [5, 5.41) is 91.0. The molecule has 2 saturated heterocycles. The van der Waals surface area contributed by atoms with Crippen LogP contribution in [-0.4, -0.2) is 304 Å². The Kier molecular flexibility index (Phi) is 67.9.